The quantitative estimate of drug-likeness (QED) is 0.921. The molecule has 0 saturated carbocycles. The van der Waals surface area contributed by atoms with Crippen molar-refractivity contribution in [1.29, 1.82) is 0 Å². The molecule has 0 spiro atoms. The van der Waals surface area contributed by atoms with E-state index in [0.717, 1.165) is 5.56 Å². The Morgan fingerprint density at radius 3 is 2.30 bits per heavy atom. The second-order valence-electron chi connectivity index (χ2n) is 4.39. The molecule has 2 rings (SSSR count). The van der Waals surface area contributed by atoms with Crippen molar-refractivity contribution in [2.45, 2.75) is 11.4 Å². The Labute approximate surface area is 128 Å². The molecule has 0 radical (unpaired) electrons. The zero-order chi connectivity index (χ0) is 14.8. The van der Waals surface area contributed by atoms with Gasteiger partial charge >= 0.3 is 0 Å². The molecular weight excluding hydrogens is 317 g/mol. The summed E-state index contributed by atoms with van der Waals surface area (Å²) < 4.78 is 23.0. The van der Waals surface area contributed by atoms with Gasteiger partial charge < -0.3 is 5.32 Å². The highest BCUT2D eigenvalue weighted by Gasteiger charge is 2.10. The van der Waals surface area contributed by atoms with Gasteiger partial charge in [0.2, 0.25) is 0 Å². The topological polar surface area (TPSA) is 46.2 Å². The maximum atomic E-state index is 11.5. The maximum Gasteiger partial charge on any atom is 0.175 e. The third kappa shape index (κ3) is 3.88. The van der Waals surface area contributed by atoms with E-state index in [0.29, 0.717) is 22.3 Å². The van der Waals surface area contributed by atoms with Crippen LogP contribution in [0.25, 0.3) is 0 Å². The van der Waals surface area contributed by atoms with Gasteiger partial charge in [-0.05, 0) is 35.9 Å². The van der Waals surface area contributed by atoms with Crippen molar-refractivity contribution >= 4 is 38.7 Å². The van der Waals surface area contributed by atoms with Gasteiger partial charge in [-0.3, -0.25) is 0 Å². The van der Waals surface area contributed by atoms with Crippen LogP contribution >= 0.6 is 23.2 Å². The maximum absolute atomic E-state index is 11.5. The second kappa shape index (κ2) is 6.04. The lowest BCUT2D eigenvalue weighted by Crippen LogP contribution is -2.02. The molecule has 0 saturated heterocycles. The van der Waals surface area contributed by atoms with Crippen molar-refractivity contribution in [3.63, 3.8) is 0 Å². The van der Waals surface area contributed by atoms with Gasteiger partial charge in [-0.15, -0.1) is 0 Å². The molecule has 0 aromatic heterocycles. The molecule has 0 aliphatic carbocycles. The summed E-state index contributed by atoms with van der Waals surface area (Å²) in [4.78, 5) is 0.237. The van der Waals surface area contributed by atoms with Crippen LogP contribution < -0.4 is 5.32 Å². The number of benzene rings is 2. The molecular formula is C14H13Cl2NO2S. The first-order valence-electron chi connectivity index (χ1n) is 5.84. The van der Waals surface area contributed by atoms with Crippen LogP contribution in [-0.2, 0) is 16.4 Å². The smallest absolute Gasteiger partial charge is 0.175 e. The van der Waals surface area contributed by atoms with E-state index in [4.69, 9.17) is 23.2 Å². The van der Waals surface area contributed by atoms with Crippen LogP contribution in [0.4, 0.5) is 5.69 Å². The van der Waals surface area contributed by atoms with E-state index in [9.17, 15) is 8.42 Å². The fourth-order valence-electron chi connectivity index (χ4n) is 1.67. The average molecular weight is 330 g/mol. The summed E-state index contributed by atoms with van der Waals surface area (Å²) in [5.41, 5.74) is 1.61. The Morgan fingerprint density at radius 2 is 1.70 bits per heavy atom. The second-order valence-corrected chi connectivity index (χ2v) is 7.25. The van der Waals surface area contributed by atoms with Crippen LogP contribution in [0.15, 0.2) is 47.4 Å². The zero-order valence-corrected chi connectivity index (χ0v) is 13.1. The van der Waals surface area contributed by atoms with Crippen molar-refractivity contribution in [3.8, 4) is 0 Å². The summed E-state index contributed by atoms with van der Waals surface area (Å²) in [7, 11) is -3.25. The Balaban J connectivity index is 2.19. The van der Waals surface area contributed by atoms with Gasteiger partial charge in [-0.2, -0.15) is 0 Å². The van der Waals surface area contributed by atoms with Crippen LogP contribution in [0.3, 0.4) is 0 Å². The first-order chi connectivity index (χ1) is 9.36. The normalized spacial score (nSPS) is 11.3. The van der Waals surface area contributed by atoms with E-state index in [-0.39, 0.29) is 4.90 Å². The molecule has 0 atom stereocenters. The monoisotopic (exact) mass is 329 g/mol. The molecule has 2 aromatic carbocycles. The molecule has 20 heavy (non-hydrogen) atoms. The highest BCUT2D eigenvalue weighted by molar-refractivity contribution is 7.90. The number of anilines is 1. The average Bonchev–Trinajstić information content (AvgIpc) is 2.38. The predicted molar refractivity (Wildman–Crippen MR) is 83.3 cm³/mol. The largest absolute Gasteiger partial charge is 0.380 e. The molecule has 2 aromatic rings. The van der Waals surface area contributed by atoms with Gasteiger partial charge in [0, 0.05) is 17.8 Å². The van der Waals surface area contributed by atoms with Gasteiger partial charge in [0.25, 0.3) is 0 Å². The Hall–Kier alpha value is -1.23. The number of hydrogen-bond donors (Lipinski definition) is 1. The van der Waals surface area contributed by atoms with Crippen LogP contribution in [0.1, 0.15) is 5.56 Å². The van der Waals surface area contributed by atoms with Crippen LogP contribution in [-0.4, -0.2) is 14.7 Å². The highest BCUT2D eigenvalue weighted by Crippen LogP contribution is 2.25. The van der Waals surface area contributed by atoms with E-state index in [1.165, 1.54) is 18.4 Å². The molecule has 0 heterocycles. The van der Waals surface area contributed by atoms with Gasteiger partial charge in [0.15, 0.2) is 9.84 Å². The molecule has 0 unspecified atom stereocenters. The Morgan fingerprint density at radius 1 is 1.05 bits per heavy atom. The molecule has 0 amide bonds. The number of rotatable bonds is 4. The number of sulfone groups is 1. The SMILES string of the molecule is CS(=O)(=O)c1ccc(Cl)c(NCc2ccc(Cl)cc2)c1. The van der Waals surface area contributed by atoms with E-state index in [2.05, 4.69) is 5.32 Å². The predicted octanol–water partition coefficient (Wildman–Crippen LogP) is 4.01. The van der Waals surface area contributed by atoms with Gasteiger partial charge in [-0.1, -0.05) is 35.3 Å². The van der Waals surface area contributed by atoms with E-state index >= 15 is 0 Å². The lowest BCUT2D eigenvalue weighted by atomic mass is 10.2. The molecule has 106 valence electrons. The number of hydrogen-bond acceptors (Lipinski definition) is 3. The summed E-state index contributed by atoms with van der Waals surface area (Å²) >= 11 is 11.9. The van der Waals surface area contributed by atoms with Crippen molar-refractivity contribution in [2.75, 3.05) is 11.6 Å². The molecule has 1 N–H and O–H groups in total. The summed E-state index contributed by atoms with van der Waals surface area (Å²) in [5, 5.41) is 4.27. The third-order valence-corrected chi connectivity index (χ3v) is 4.45. The Kier molecular flexibility index (Phi) is 4.58. The minimum absolute atomic E-state index is 0.237. The molecule has 0 aliphatic rings. The van der Waals surface area contributed by atoms with E-state index in [1.807, 2.05) is 12.1 Å². The van der Waals surface area contributed by atoms with Crippen LogP contribution in [0.5, 0.6) is 0 Å². The van der Waals surface area contributed by atoms with Gasteiger partial charge in [0.05, 0.1) is 15.6 Å². The van der Waals surface area contributed by atoms with Crippen LogP contribution in [0.2, 0.25) is 10.0 Å². The van der Waals surface area contributed by atoms with Crippen molar-refractivity contribution in [2.24, 2.45) is 0 Å². The highest BCUT2D eigenvalue weighted by atomic mass is 35.5. The summed E-state index contributed by atoms with van der Waals surface area (Å²) in [5.74, 6) is 0. The number of halogens is 2. The first-order valence-corrected chi connectivity index (χ1v) is 8.49. The molecule has 3 nitrogen and oxygen atoms in total. The van der Waals surface area contributed by atoms with Gasteiger partial charge in [-0.25, -0.2) is 8.42 Å². The summed E-state index contributed by atoms with van der Waals surface area (Å²) in [6.07, 6.45) is 1.17. The standard InChI is InChI=1S/C14H13Cl2NO2S/c1-20(18,19)12-6-7-13(16)14(8-12)17-9-10-2-4-11(15)5-3-10/h2-8,17H,9H2,1H3. The first kappa shape index (κ1) is 15.2. The van der Waals surface area contributed by atoms with Crippen molar-refractivity contribution in [3.05, 3.63) is 58.1 Å². The number of nitrogens with one attached hydrogen (secondary N) is 1. The zero-order valence-electron chi connectivity index (χ0n) is 10.7. The summed E-state index contributed by atoms with van der Waals surface area (Å²) in [6.45, 7) is 0.532. The van der Waals surface area contributed by atoms with Gasteiger partial charge in [0.1, 0.15) is 0 Å². The van der Waals surface area contributed by atoms with Crippen molar-refractivity contribution < 1.29 is 8.42 Å². The van der Waals surface area contributed by atoms with E-state index < -0.39 is 9.84 Å². The molecule has 0 bridgehead atoms. The fourth-order valence-corrected chi connectivity index (χ4v) is 2.63. The Bertz CT molecular complexity index is 712. The van der Waals surface area contributed by atoms with Crippen LogP contribution in [0, 0.1) is 0 Å². The minimum atomic E-state index is -3.25. The molecule has 0 aliphatic heterocycles. The lowest BCUT2D eigenvalue weighted by molar-refractivity contribution is 0.602. The minimum Gasteiger partial charge on any atom is -0.380 e. The summed E-state index contributed by atoms with van der Waals surface area (Å²) in [6, 6.07) is 12.0. The van der Waals surface area contributed by atoms with Crippen molar-refractivity contribution in [1.82, 2.24) is 0 Å². The molecule has 6 heteroatoms. The molecule has 0 fully saturated rings. The fraction of sp³-hybridized carbons (Fsp3) is 0.143. The van der Waals surface area contributed by atoms with E-state index in [1.54, 1.807) is 18.2 Å². The lowest BCUT2D eigenvalue weighted by Gasteiger charge is -2.10. The third-order valence-electron chi connectivity index (χ3n) is 2.76.